The van der Waals surface area contributed by atoms with E-state index in [2.05, 4.69) is 18.2 Å². The van der Waals surface area contributed by atoms with Crippen LogP contribution in [0.4, 0.5) is 0 Å². The maximum atomic E-state index is 10.6. The first kappa shape index (κ1) is 12.9. The molecule has 0 aliphatic carbocycles. The summed E-state index contributed by atoms with van der Waals surface area (Å²) in [5.74, 6) is -0.396. The second-order valence-corrected chi connectivity index (χ2v) is 3.22. The third-order valence-corrected chi connectivity index (χ3v) is 1.92. The monoisotopic (exact) mass is 196 g/mol. The van der Waals surface area contributed by atoms with E-state index in [0.29, 0.717) is 0 Å². The second-order valence-electron chi connectivity index (χ2n) is 3.22. The van der Waals surface area contributed by atoms with Gasteiger partial charge in [-0.1, -0.05) is 39.2 Å². The van der Waals surface area contributed by atoms with E-state index in [-0.39, 0.29) is 0 Å². The van der Waals surface area contributed by atoms with Crippen LogP contribution in [0.3, 0.4) is 0 Å². The van der Waals surface area contributed by atoms with Crippen molar-refractivity contribution >= 4 is 5.97 Å². The smallest absolute Gasteiger partial charge is 0.334 e. The van der Waals surface area contributed by atoms with Gasteiger partial charge in [0.05, 0.1) is 6.26 Å². The molecule has 0 aromatic carbocycles. The highest BCUT2D eigenvalue weighted by molar-refractivity contribution is 5.81. The third-order valence-electron chi connectivity index (χ3n) is 1.92. The van der Waals surface area contributed by atoms with E-state index < -0.39 is 5.97 Å². The first-order valence-corrected chi connectivity index (χ1v) is 5.29. The molecule has 0 unspecified atom stereocenters. The predicted octanol–water partition coefficient (Wildman–Crippen LogP) is 3.59. The molecule has 2 heteroatoms. The molecule has 0 radical (unpaired) electrons. The number of ether oxygens (including phenoxy) is 1. The number of hydrogen-bond acceptors (Lipinski definition) is 2. The Morgan fingerprint density at radius 3 is 2.64 bits per heavy atom. The standard InChI is InChI=1S/C12H20O2/c1-3-5-6-7-8-9-10-11-14-12(13)4-2/h4,10-11H,2-3,5-9H2,1H3. The van der Waals surface area contributed by atoms with Crippen molar-refractivity contribution < 1.29 is 9.53 Å². The Morgan fingerprint density at radius 1 is 1.29 bits per heavy atom. The van der Waals surface area contributed by atoms with E-state index in [0.717, 1.165) is 12.5 Å². The van der Waals surface area contributed by atoms with Gasteiger partial charge < -0.3 is 4.74 Å². The molecule has 80 valence electrons. The number of esters is 1. The summed E-state index contributed by atoms with van der Waals surface area (Å²) in [6, 6.07) is 0. The average molecular weight is 196 g/mol. The zero-order valence-corrected chi connectivity index (χ0v) is 9.00. The van der Waals surface area contributed by atoms with Gasteiger partial charge in [0.2, 0.25) is 0 Å². The van der Waals surface area contributed by atoms with Crippen molar-refractivity contribution in [2.45, 2.75) is 45.4 Å². The molecular formula is C12H20O2. The van der Waals surface area contributed by atoms with E-state index in [1.165, 1.54) is 38.4 Å². The van der Waals surface area contributed by atoms with Crippen molar-refractivity contribution in [3.8, 4) is 0 Å². The normalized spacial score (nSPS) is 10.4. The summed E-state index contributed by atoms with van der Waals surface area (Å²) in [5, 5.41) is 0. The van der Waals surface area contributed by atoms with E-state index in [9.17, 15) is 4.79 Å². The molecule has 0 aromatic rings. The topological polar surface area (TPSA) is 26.3 Å². The quantitative estimate of drug-likeness (QED) is 0.257. The SMILES string of the molecule is C=CC(=O)OC=CCCCCCCC. The molecule has 14 heavy (non-hydrogen) atoms. The third kappa shape index (κ3) is 9.04. The summed E-state index contributed by atoms with van der Waals surface area (Å²) in [6.07, 6.45) is 11.8. The number of allylic oxidation sites excluding steroid dienone is 1. The molecule has 0 bridgehead atoms. The highest BCUT2D eigenvalue weighted by Crippen LogP contribution is 2.05. The molecule has 2 nitrogen and oxygen atoms in total. The fourth-order valence-corrected chi connectivity index (χ4v) is 1.10. The van der Waals surface area contributed by atoms with Gasteiger partial charge in [-0.25, -0.2) is 4.79 Å². The zero-order chi connectivity index (χ0) is 10.6. The van der Waals surface area contributed by atoms with Crippen LogP contribution in [-0.4, -0.2) is 5.97 Å². The van der Waals surface area contributed by atoms with Crippen LogP contribution in [0.5, 0.6) is 0 Å². The van der Waals surface area contributed by atoms with Crippen LogP contribution in [0.1, 0.15) is 45.4 Å². The van der Waals surface area contributed by atoms with Gasteiger partial charge in [-0.05, 0) is 18.9 Å². The Bertz CT molecular complexity index is 183. The predicted molar refractivity (Wildman–Crippen MR) is 58.8 cm³/mol. The maximum Gasteiger partial charge on any atom is 0.334 e. The molecule has 0 amide bonds. The lowest BCUT2D eigenvalue weighted by Crippen LogP contribution is -1.91. The summed E-state index contributed by atoms with van der Waals surface area (Å²) >= 11 is 0. The summed E-state index contributed by atoms with van der Waals surface area (Å²) in [7, 11) is 0. The van der Waals surface area contributed by atoms with Crippen LogP contribution >= 0.6 is 0 Å². The zero-order valence-electron chi connectivity index (χ0n) is 9.00. The molecule has 0 atom stereocenters. The molecule has 0 aromatic heterocycles. The summed E-state index contributed by atoms with van der Waals surface area (Å²) in [5.41, 5.74) is 0. The van der Waals surface area contributed by atoms with Crippen LogP contribution in [0.15, 0.2) is 25.0 Å². The van der Waals surface area contributed by atoms with Gasteiger partial charge in [0.15, 0.2) is 0 Å². The fraction of sp³-hybridized carbons (Fsp3) is 0.583. The van der Waals surface area contributed by atoms with E-state index in [1.807, 2.05) is 6.08 Å². The van der Waals surface area contributed by atoms with Crippen LogP contribution < -0.4 is 0 Å². The molecule has 0 saturated carbocycles. The molecule has 0 aliphatic rings. The van der Waals surface area contributed by atoms with E-state index in [1.54, 1.807) is 0 Å². The van der Waals surface area contributed by atoms with Gasteiger partial charge in [-0.2, -0.15) is 0 Å². The Kier molecular flexibility index (Phi) is 9.28. The minimum Gasteiger partial charge on any atom is -0.432 e. The first-order valence-electron chi connectivity index (χ1n) is 5.29. The Balaban J connectivity index is 3.18. The van der Waals surface area contributed by atoms with Crippen molar-refractivity contribution in [3.63, 3.8) is 0 Å². The molecule has 0 rings (SSSR count). The van der Waals surface area contributed by atoms with Gasteiger partial charge in [0, 0.05) is 6.08 Å². The van der Waals surface area contributed by atoms with Gasteiger partial charge in [0.1, 0.15) is 0 Å². The Hall–Kier alpha value is -1.05. The number of carbonyl (C=O) groups excluding carboxylic acids is 1. The van der Waals surface area contributed by atoms with Gasteiger partial charge in [0.25, 0.3) is 0 Å². The largest absolute Gasteiger partial charge is 0.432 e. The number of unbranched alkanes of at least 4 members (excludes halogenated alkanes) is 5. The number of rotatable bonds is 8. The van der Waals surface area contributed by atoms with Crippen LogP contribution in [0.2, 0.25) is 0 Å². The van der Waals surface area contributed by atoms with Gasteiger partial charge >= 0.3 is 5.97 Å². The van der Waals surface area contributed by atoms with Crippen LogP contribution in [-0.2, 0) is 9.53 Å². The maximum absolute atomic E-state index is 10.6. The molecule has 0 saturated heterocycles. The number of hydrogen-bond donors (Lipinski definition) is 0. The van der Waals surface area contributed by atoms with E-state index in [4.69, 9.17) is 0 Å². The molecule has 0 fully saturated rings. The Labute approximate surface area is 86.6 Å². The molecule has 0 heterocycles. The van der Waals surface area contributed by atoms with Gasteiger partial charge in [-0.15, -0.1) is 0 Å². The minimum absolute atomic E-state index is 0.396. The summed E-state index contributed by atoms with van der Waals surface area (Å²) in [4.78, 5) is 10.6. The van der Waals surface area contributed by atoms with Crippen molar-refractivity contribution in [2.24, 2.45) is 0 Å². The lowest BCUT2D eigenvalue weighted by Gasteiger charge is -1.96. The fourth-order valence-electron chi connectivity index (χ4n) is 1.10. The highest BCUT2D eigenvalue weighted by atomic mass is 16.5. The molecular weight excluding hydrogens is 176 g/mol. The van der Waals surface area contributed by atoms with Crippen molar-refractivity contribution in [1.29, 1.82) is 0 Å². The van der Waals surface area contributed by atoms with E-state index >= 15 is 0 Å². The molecule has 0 aliphatic heterocycles. The lowest BCUT2D eigenvalue weighted by molar-refractivity contribution is -0.132. The average Bonchev–Trinajstić information content (AvgIpc) is 2.21. The van der Waals surface area contributed by atoms with Crippen LogP contribution in [0, 0.1) is 0 Å². The van der Waals surface area contributed by atoms with Crippen LogP contribution in [0.25, 0.3) is 0 Å². The molecule has 0 N–H and O–H groups in total. The van der Waals surface area contributed by atoms with Crippen molar-refractivity contribution in [1.82, 2.24) is 0 Å². The minimum atomic E-state index is -0.396. The second kappa shape index (κ2) is 10.0. The van der Waals surface area contributed by atoms with Crippen molar-refractivity contribution in [3.05, 3.63) is 25.0 Å². The first-order chi connectivity index (χ1) is 6.81. The highest BCUT2D eigenvalue weighted by Gasteiger charge is 1.89. The summed E-state index contributed by atoms with van der Waals surface area (Å²) in [6.45, 7) is 5.50. The Morgan fingerprint density at radius 2 is 2.00 bits per heavy atom. The number of carbonyl (C=O) groups is 1. The molecule has 0 spiro atoms. The lowest BCUT2D eigenvalue weighted by atomic mass is 10.1. The summed E-state index contributed by atoms with van der Waals surface area (Å²) < 4.78 is 4.68. The van der Waals surface area contributed by atoms with Gasteiger partial charge in [-0.3, -0.25) is 0 Å². The van der Waals surface area contributed by atoms with Crippen molar-refractivity contribution in [2.75, 3.05) is 0 Å².